The normalized spacial score (nSPS) is 20.3. The van der Waals surface area contributed by atoms with Gasteiger partial charge in [0.2, 0.25) is 0 Å². The van der Waals surface area contributed by atoms with Crippen molar-refractivity contribution >= 4 is 16.9 Å². The van der Waals surface area contributed by atoms with Crippen LogP contribution in [0.25, 0.3) is 11.0 Å². The molecule has 0 unspecified atom stereocenters. The van der Waals surface area contributed by atoms with Crippen molar-refractivity contribution in [3.05, 3.63) is 18.2 Å². The van der Waals surface area contributed by atoms with E-state index in [1.807, 2.05) is 0 Å². The van der Waals surface area contributed by atoms with E-state index in [4.69, 9.17) is 18.7 Å². The number of ether oxygens (including phenoxy) is 3. The molecular formula is C22H30N2O6. The number of fused-ring (bicyclic) bond motifs is 1. The Morgan fingerprint density at radius 3 is 2.80 bits per heavy atom. The van der Waals surface area contributed by atoms with Gasteiger partial charge in [0.25, 0.3) is 5.88 Å². The molecule has 4 rings (SSSR count). The second-order valence-electron chi connectivity index (χ2n) is 8.38. The molecule has 8 nitrogen and oxygen atoms in total. The zero-order valence-corrected chi connectivity index (χ0v) is 17.5. The molecule has 0 aliphatic carbocycles. The van der Waals surface area contributed by atoms with E-state index in [0.29, 0.717) is 42.6 Å². The molecule has 2 aromatic rings. The number of piperidine rings is 1. The maximum atomic E-state index is 12.4. The van der Waals surface area contributed by atoms with Gasteiger partial charge in [-0.15, -0.1) is 0 Å². The number of methoxy groups -OCH3 is 1. The highest BCUT2D eigenvalue weighted by Crippen LogP contribution is 2.35. The van der Waals surface area contributed by atoms with E-state index >= 15 is 0 Å². The number of aromatic hydroxyl groups is 1. The summed E-state index contributed by atoms with van der Waals surface area (Å²) < 4.78 is 21.6. The molecule has 30 heavy (non-hydrogen) atoms. The molecule has 0 atom stereocenters. The maximum absolute atomic E-state index is 12.4. The quantitative estimate of drug-likeness (QED) is 0.686. The fourth-order valence-electron chi connectivity index (χ4n) is 4.63. The van der Waals surface area contributed by atoms with Gasteiger partial charge in [0.1, 0.15) is 11.1 Å². The molecule has 2 fully saturated rings. The lowest BCUT2D eigenvalue weighted by molar-refractivity contribution is -0.160. The Balaban J connectivity index is 1.25. The number of hydrogen-bond acceptors (Lipinski definition) is 8. The van der Waals surface area contributed by atoms with Gasteiger partial charge >= 0.3 is 5.97 Å². The Morgan fingerprint density at radius 1 is 1.30 bits per heavy atom. The highest BCUT2D eigenvalue weighted by atomic mass is 16.5. The first-order valence-corrected chi connectivity index (χ1v) is 10.7. The smallest absolute Gasteiger partial charge is 0.313 e. The first-order chi connectivity index (χ1) is 14.6. The number of phenolic OH excluding ortho intramolecular Hbond substituents is 1. The van der Waals surface area contributed by atoms with Crippen molar-refractivity contribution in [2.75, 3.05) is 46.6 Å². The Kier molecular flexibility index (Phi) is 6.43. The molecular weight excluding hydrogens is 388 g/mol. The van der Waals surface area contributed by atoms with E-state index in [1.165, 1.54) is 7.11 Å². The number of nitrogens with zero attached hydrogens (tertiary/aromatic N) is 2. The number of carbonyl (C=O) groups is 1. The second-order valence-corrected chi connectivity index (χ2v) is 8.38. The summed E-state index contributed by atoms with van der Waals surface area (Å²) in [5.41, 5.74) is 0.0878. The highest BCUT2D eigenvalue weighted by molar-refractivity contribution is 5.88. The third-order valence-electron chi connectivity index (χ3n) is 6.51. The lowest BCUT2D eigenvalue weighted by atomic mass is 9.79. The largest absolute Gasteiger partial charge is 0.507 e. The first kappa shape index (κ1) is 20.9. The summed E-state index contributed by atoms with van der Waals surface area (Å²) in [5.74, 6) is 0.922. The summed E-state index contributed by atoms with van der Waals surface area (Å²) in [6.07, 6.45) is 4.52. The van der Waals surface area contributed by atoms with Gasteiger partial charge < -0.3 is 28.7 Å². The Labute approximate surface area is 176 Å². The molecule has 1 N–H and O–H groups in total. The van der Waals surface area contributed by atoms with Crippen LogP contribution >= 0.6 is 0 Å². The molecule has 1 aromatic heterocycles. The van der Waals surface area contributed by atoms with Crippen molar-refractivity contribution in [2.24, 2.45) is 11.3 Å². The van der Waals surface area contributed by atoms with Crippen LogP contribution in [0.5, 0.6) is 11.6 Å². The molecule has 0 spiro atoms. The molecule has 8 heteroatoms. The number of carbonyl (C=O) groups excluding carboxylic acids is 1. The SMILES string of the molecule is COC(=O)C1(CN2CCC(CCOc3noc4cccc(O)c34)CC2)CCOCC1. The number of likely N-dealkylation sites (tertiary alicyclic amines) is 1. The van der Waals surface area contributed by atoms with E-state index < -0.39 is 5.41 Å². The minimum Gasteiger partial charge on any atom is -0.507 e. The van der Waals surface area contributed by atoms with E-state index in [2.05, 4.69) is 10.1 Å². The minimum absolute atomic E-state index is 0.107. The van der Waals surface area contributed by atoms with Gasteiger partial charge in [-0.2, -0.15) is 0 Å². The summed E-state index contributed by atoms with van der Waals surface area (Å²) in [7, 11) is 1.48. The Hall–Kier alpha value is -2.32. The predicted octanol–water partition coefficient (Wildman–Crippen LogP) is 2.98. The van der Waals surface area contributed by atoms with Gasteiger partial charge in [0.15, 0.2) is 5.58 Å². The number of aromatic nitrogens is 1. The minimum atomic E-state index is -0.432. The number of hydrogen-bond donors (Lipinski definition) is 1. The van der Waals surface area contributed by atoms with E-state index in [-0.39, 0.29) is 11.7 Å². The first-order valence-electron chi connectivity index (χ1n) is 10.7. The average Bonchev–Trinajstić information content (AvgIpc) is 3.19. The van der Waals surface area contributed by atoms with Crippen LogP contribution in [0.4, 0.5) is 0 Å². The van der Waals surface area contributed by atoms with E-state index in [1.54, 1.807) is 18.2 Å². The molecule has 2 aliphatic rings. The summed E-state index contributed by atoms with van der Waals surface area (Å²) in [6, 6.07) is 5.07. The Bertz CT molecular complexity index is 852. The molecule has 0 radical (unpaired) electrons. The maximum Gasteiger partial charge on any atom is 0.313 e. The summed E-state index contributed by atoms with van der Waals surface area (Å²) in [6.45, 7) is 4.46. The zero-order valence-electron chi connectivity index (χ0n) is 17.5. The number of benzene rings is 1. The summed E-state index contributed by atoms with van der Waals surface area (Å²) in [4.78, 5) is 14.8. The highest BCUT2D eigenvalue weighted by Gasteiger charge is 2.43. The molecule has 2 aliphatic heterocycles. The van der Waals surface area contributed by atoms with Crippen LogP contribution in [-0.2, 0) is 14.3 Å². The van der Waals surface area contributed by atoms with E-state index in [9.17, 15) is 9.90 Å². The van der Waals surface area contributed by atoms with Gasteiger partial charge in [-0.1, -0.05) is 6.07 Å². The van der Waals surface area contributed by atoms with Crippen molar-refractivity contribution in [3.63, 3.8) is 0 Å². The topological polar surface area (TPSA) is 94.3 Å². The summed E-state index contributed by atoms with van der Waals surface area (Å²) in [5, 5.41) is 14.5. The molecule has 0 amide bonds. The molecule has 1 aromatic carbocycles. The van der Waals surface area contributed by atoms with Crippen molar-refractivity contribution < 1.29 is 28.6 Å². The average molecular weight is 418 g/mol. The molecule has 3 heterocycles. The molecule has 0 bridgehead atoms. The van der Waals surface area contributed by atoms with Crippen LogP contribution in [0, 0.1) is 11.3 Å². The summed E-state index contributed by atoms with van der Waals surface area (Å²) >= 11 is 0. The lowest BCUT2D eigenvalue weighted by Crippen LogP contribution is -2.49. The number of phenols is 1. The number of esters is 1. The second kappa shape index (κ2) is 9.22. The van der Waals surface area contributed by atoms with Crippen LogP contribution in [-0.4, -0.2) is 67.7 Å². The van der Waals surface area contributed by atoms with Crippen LogP contribution < -0.4 is 4.74 Å². The van der Waals surface area contributed by atoms with Crippen LogP contribution in [0.3, 0.4) is 0 Å². The zero-order chi connectivity index (χ0) is 21.0. The Morgan fingerprint density at radius 2 is 2.07 bits per heavy atom. The van der Waals surface area contributed by atoms with Crippen molar-refractivity contribution in [2.45, 2.75) is 32.1 Å². The van der Waals surface area contributed by atoms with Crippen molar-refractivity contribution in [1.82, 2.24) is 10.1 Å². The van der Waals surface area contributed by atoms with Crippen LogP contribution in [0.1, 0.15) is 32.1 Å². The fraction of sp³-hybridized carbons (Fsp3) is 0.636. The van der Waals surface area contributed by atoms with Crippen molar-refractivity contribution in [3.8, 4) is 11.6 Å². The third kappa shape index (κ3) is 4.39. The van der Waals surface area contributed by atoms with Crippen molar-refractivity contribution in [1.29, 1.82) is 0 Å². The standard InChI is InChI=1S/C22H30N2O6/c1-27-21(26)22(8-13-28-14-9-22)15-24-10-5-16(6-11-24)7-12-29-20-19-17(25)3-2-4-18(19)30-23-20/h2-4,16,25H,5-15H2,1H3. The molecule has 2 saturated heterocycles. The van der Waals surface area contributed by atoms with Gasteiger partial charge in [-0.25, -0.2) is 0 Å². The van der Waals surface area contributed by atoms with Crippen LogP contribution in [0.15, 0.2) is 22.7 Å². The van der Waals surface area contributed by atoms with Gasteiger partial charge in [0.05, 0.1) is 19.1 Å². The van der Waals surface area contributed by atoms with Gasteiger partial charge in [-0.05, 0) is 68.4 Å². The van der Waals surface area contributed by atoms with Crippen LogP contribution in [0.2, 0.25) is 0 Å². The monoisotopic (exact) mass is 418 g/mol. The molecule has 0 saturated carbocycles. The predicted molar refractivity (Wildman–Crippen MR) is 109 cm³/mol. The number of rotatable bonds is 7. The fourth-order valence-corrected chi connectivity index (χ4v) is 4.63. The third-order valence-corrected chi connectivity index (χ3v) is 6.51. The van der Waals surface area contributed by atoms with Gasteiger partial charge in [0, 0.05) is 19.8 Å². The van der Waals surface area contributed by atoms with Gasteiger partial charge in [-0.3, -0.25) is 4.79 Å². The van der Waals surface area contributed by atoms with E-state index in [0.717, 1.165) is 51.7 Å². The molecule has 164 valence electrons. The lowest BCUT2D eigenvalue weighted by Gasteiger charge is -2.41.